The highest BCUT2D eigenvalue weighted by molar-refractivity contribution is 5.92. The molecule has 0 unspecified atom stereocenters. The molecule has 1 fully saturated rings. The van der Waals surface area contributed by atoms with Crippen LogP contribution in [0.15, 0.2) is 87.6 Å². The van der Waals surface area contributed by atoms with Gasteiger partial charge in [0, 0.05) is 37.1 Å². The predicted octanol–water partition coefficient (Wildman–Crippen LogP) is 6.51. The third kappa shape index (κ3) is 5.40. The van der Waals surface area contributed by atoms with E-state index in [1.165, 1.54) is 22.3 Å². The van der Waals surface area contributed by atoms with Crippen LogP contribution in [0.1, 0.15) is 43.7 Å². The summed E-state index contributed by atoms with van der Waals surface area (Å²) < 4.78 is 5.51. The number of hydrogen-bond donors (Lipinski definition) is 1. The van der Waals surface area contributed by atoms with Crippen molar-refractivity contribution >= 4 is 28.3 Å². The summed E-state index contributed by atoms with van der Waals surface area (Å²) in [6.45, 7) is 5.22. The van der Waals surface area contributed by atoms with E-state index in [1.807, 2.05) is 12.1 Å². The zero-order chi connectivity index (χ0) is 23.3. The minimum atomic E-state index is -0.304. The lowest BCUT2D eigenvalue weighted by Crippen LogP contribution is -2.39. The van der Waals surface area contributed by atoms with E-state index >= 15 is 0 Å². The van der Waals surface area contributed by atoms with Crippen molar-refractivity contribution in [2.24, 2.45) is 0 Å². The second kappa shape index (κ2) is 10.3. The van der Waals surface area contributed by atoms with E-state index in [0.717, 1.165) is 56.4 Å². The molecule has 2 aromatic carbocycles. The minimum Gasteiger partial charge on any atom is -0.423 e. The Balaban J connectivity index is 1.26. The maximum Gasteiger partial charge on any atom is 0.338 e. The summed E-state index contributed by atoms with van der Waals surface area (Å²) in [7, 11) is 0. The van der Waals surface area contributed by atoms with Crippen LogP contribution >= 0.6 is 0 Å². The molecule has 5 rings (SSSR count). The van der Waals surface area contributed by atoms with Crippen LogP contribution in [0.25, 0.3) is 22.6 Å². The highest BCUT2D eigenvalue weighted by Crippen LogP contribution is 2.31. The van der Waals surface area contributed by atoms with Gasteiger partial charge in [0.2, 0.25) is 0 Å². The maximum atomic E-state index is 12.2. The van der Waals surface area contributed by atoms with E-state index in [9.17, 15) is 4.79 Å². The standard InChI is InChI=1S/C30H32N2O2/c1-22-9-11-24(12-10-22)25-13-14-29-27(20-25)28(21-30(33)34-29)31-26-15-18-32(19-16-26)17-5-8-23-6-3-2-4-7-23/h2-9,11,13-14,20-21,26,31H,10,12,15-19H2,1H3/b8-5+. The van der Waals surface area contributed by atoms with Gasteiger partial charge in [-0.3, -0.25) is 4.90 Å². The lowest BCUT2D eigenvalue weighted by Gasteiger charge is -2.32. The van der Waals surface area contributed by atoms with Gasteiger partial charge in [-0.15, -0.1) is 0 Å². The monoisotopic (exact) mass is 452 g/mol. The van der Waals surface area contributed by atoms with E-state index in [4.69, 9.17) is 4.42 Å². The molecule has 34 heavy (non-hydrogen) atoms. The number of fused-ring (bicyclic) bond motifs is 1. The summed E-state index contributed by atoms with van der Waals surface area (Å²) in [5.74, 6) is 0. The number of hydrogen-bond acceptors (Lipinski definition) is 4. The summed E-state index contributed by atoms with van der Waals surface area (Å²) in [5.41, 5.74) is 6.42. The number of nitrogens with one attached hydrogen (secondary N) is 1. The third-order valence-corrected chi connectivity index (χ3v) is 6.89. The van der Waals surface area contributed by atoms with Crippen LogP contribution in [0.5, 0.6) is 0 Å². The lowest BCUT2D eigenvalue weighted by atomic mass is 9.93. The Labute approximate surface area is 201 Å². The molecule has 0 amide bonds. The van der Waals surface area contributed by atoms with Crippen molar-refractivity contribution in [2.75, 3.05) is 25.0 Å². The van der Waals surface area contributed by atoms with Crippen LogP contribution in [0, 0.1) is 0 Å². The first-order valence-electron chi connectivity index (χ1n) is 12.3. The SMILES string of the molecule is CC1=CC=C(c2ccc3oc(=O)cc(NC4CCN(C/C=C/c5ccccc5)CC4)c3c2)CC1. The van der Waals surface area contributed by atoms with Crippen molar-refractivity contribution in [3.63, 3.8) is 0 Å². The van der Waals surface area contributed by atoms with E-state index in [1.54, 1.807) is 6.07 Å². The summed E-state index contributed by atoms with van der Waals surface area (Å²) in [4.78, 5) is 14.7. The number of piperidine rings is 1. The number of nitrogens with zero attached hydrogens (tertiary/aromatic N) is 1. The molecule has 2 aliphatic rings. The van der Waals surface area contributed by atoms with Gasteiger partial charge >= 0.3 is 5.63 Å². The number of anilines is 1. The smallest absolute Gasteiger partial charge is 0.338 e. The molecule has 0 spiro atoms. The Kier molecular flexibility index (Phi) is 6.77. The van der Waals surface area contributed by atoms with Crippen molar-refractivity contribution in [1.29, 1.82) is 0 Å². The zero-order valence-electron chi connectivity index (χ0n) is 19.8. The molecule has 174 valence electrons. The Morgan fingerprint density at radius 1 is 1.03 bits per heavy atom. The van der Waals surface area contributed by atoms with Gasteiger partial charge in [-0.05, 0) is 61.4 Å². The van der Waals surface area contributed by atoms with Crippen LogP contribution in [0.4, 0.5) is 5.69 Å². The van der Waals surface area contributed by atoms with Gasteiger partial charge in [-0.1, -0.05) is 66.3 Å². The van der Waals surface area contributed by atoms with Crippen molar-refractivity contribution in [2.45, 2.75) is 38.6 Å². The number of allylic oxidation sites excluding steroid dienone is 4. The first-order valence-corrected chi connectivity index (χ1v) is 12.3. The topological polar surface area (TPSA) is 45.5 Å². The van der Waals surface area contributed by atoms with Crippen LogP contribution in [-0.4, -0.2) is 30.6 Å². The van der Waals surface area contributed by atoms with Crippen molar-refractivity contribution < 1.29 is 4.42 Å². The fraction of sp³-hybridized carbons (Fsp3) is 0.300. The number of benzene rings is 2. The quantitative estimate of drug-likeness (QED) is 0.433. The van der Waals surface area contributed by atoms with Gasteiger partial charge in [-0.25, -0.2) is 4.79 Å². The molecule has 1 saturated heterocycles. The molecule has 3 aromatic rings. The first-order chi connectivity index (χ1) is 16.6. The fourth-order valence-electron chi connectivity index (χ4n) is 4.85. The van der Waals surface area contributed by atoms with E-state index in [0.29, 0.717) is 11.6 Å². The van der Waals surface area contributed by atoms with Gasteiger partial charge in [0.25, 0.3) is 0 Å². The molecule has 1 aliphatic heterocycles. The van der Waals surface area contributed by atoms with Crippen LogP contribution in [0.2, 0.25) is 0 Å². The van der Waals surface area contributed by atoms with Gasteiger partial charge < -0.3 is 9.73 Å². The van der Waals surface area contributed by atoms with E-state index in [2.05, 4.69) is 77.8 Å². The molecule has 4 nitrogen and oxygen atoms in total. The Morgan fingerprint density at radius 3 is 2.62 bits per heavy atom. The Hall–Kier alpha value is -3.37. The van der Waals surface area contributed by atoms with Crippen molar-refractivity contribution in [3.8, 4) is 0 Å². The summed E-state index contributed by atoms with van der Waals surface area (Å²) >= 11 is 0. The lowest BCUT2D eigenvalue weighted by molar-refractivity contribution is 0.240. The van der Waals surface area contributed by atoms with Gasteiger partial charge in [0.15, 0.2) is 0 Å². The Bertz CT molecular complexity index is 1290. The van der Waals surface area contributed by atoms with Gasteiger partial charge in [-0.2, -0.15) is 0 Å². The highest BCUT2D eigenvalue weighted by atomic mass is 16.4. The second-order valence-electron chi connectivity index (χ2n) is 9.43. The molecule has 1 N–H and O–H groups in total. The molecule has 1 aromatic heterocycles. The highest BCUT2D eigenvalue weighted by Gasteiger charge is 2.20. The van der Waals surface area contributed by atoms with E-state index in [-0.39, 0.29) is 5.63 Å². The van der Waals surface area contributed by atoms with Crippen LogP contribution in [-0.2, 0) is 0 Å². The first kappa shape index (κ1) is 22.4. The van der Waals surface area contributed by atoms with Crippen molar-refractivity contribution in [3.05, 3.63) is 99.9 Å². The van der Waals surface area contributed by atoms with E-state index < -0.39 is 0 Å². The molecular formula is C30H32N2O2. The largest absolute Gasteiger partial charge is 0.423 e. The normalized spacial score (nSPS) is 17.7. The average Bonchev–Trinajstić information content (AvgIpc) is 2.86. The van der Waals surface area contributed by atoms with Gasteiger partial charge in [0.1, 0.15) is 5.58 Å². The number of rotatable bonds is 6. The molecule has 1 aliphatic carbocycles. The zero-order valence-corrected chi connectivity index (χ0v) is 19.8. The molecule has 0 bridgehead atoms. The Morgan fingerprint density at radius 2 is 1.85 bits per heavy atom. The van der Waals surface area contributed by atoms with Crippen molar-refractivity contribution in [1.82, 2.24) is 4.90 Å². The number of likely N-dealkylation sites (tertiary alicyclic amines) is 1. The summed E-state index contributed by atoms with van der Waals surface area (Å²) in [6.07, 6.45) is 13.1. The average molecular weight is 453 g/mol. The summed E-state index contributed by atoms with van der Waals surface area (Å²) in [6, 6.07) is 18.6. The second-order valence-corrected chi connectivity index (χ2v) is 9.43. The molecule has 0 saturated carbocycles. The predicted molar refractivity (Wildman–Crippen MR) is 142 cm³/mol. The molecular weight excluding hydrogens is 420 g/mol. The molecule has 0 atom stereocenters. The fourth-order valence-corrected chi connectivity index (χ4v) is 4.85. The maximum absolute atomic E-state index is 12.2. The summed E-state index contributed by atoms with van der Waals surface area (Å²) in [5, 5.41) is 4.65. The molecule has 2 heterocycles. The molecule has 4 heteroatoms. The van der Waals surface area contributed by atoms with Crippen LogP contribution in [0.3, 0.4) is 0 Å². The third-order valence-electron chi connectivity index (χ3n) is 6.89. The minimum absolute atomic E-state index is 0.304. The molecule has 0 radical (unpaired) electrons. The van der Waals surface area contributed by atoms with Gasteiger partial charge in [0.05, 0.1) is 5.69 Å². The van der Waals surface area contributed by atoms with Crippen LogP contribution < -0.4 is 10.9 Å².